The number of methoxy groups -OCH3 is 1. The van der Waals surface area contributed by atoms with Crippen LogP contribution in [0.2, 0.25) is 5.02 Å². The Labute approximate surface area is 125 Å². The summed E-state index contributed by atoms with van der Waals surface area (Å²) >= 11 is 5.95. The Bertz CT molecular complexity index is 580. The average molecular weight is 321 g/mol. The van der Waals surface area contributed by atoms with Crippen LogP contribution in [0.5, 0.6) is 5.75 Å². The highest BCUT2D eigenvalue weighted by molar-refractivity contribution is 7.89. The molecule has 0 fully saturated rings. The molecular weight excluding hydrogens is 300 g/mol. The number of nitrogens with two attached hydrogens (primary N) is 1. The van der Waals surface area contributed by atoms with Crippen LogP contribution in [0.1, 0.15) is 26.3 Å². The molecule has 0 aliphatic heterocycles. The molecule has 0 heterocycles. The number of halogens is 1. The van der Waals surface area contributed by atoms with Gasteiger partial charge in [-0.3, -0.25) is 0 Å². The summed E-state index contributed by atoms with van der Waals surface area (Å²) < 4.78 is 32.5. The zero-order valence-electron chi connectivity index (χ0n) is 12.2. The number of hydrogen-bond acceptors (Lipinski definition) is 4. The number of sulfonamides is 1. The second-order valence-corrected chi connectivity index (χ2v) is 7.86. The minimum Gasteiger partial charge on any atom is -0.495 e. The first-order chi connectivity index (χ1) is 9.10. The molecule has 0 amide bonds. The van der Waals surface area contributed by atoms with E-state index in [-0.39, 0.29) is 22.6 Å². The van der Waals surface area contributed by atoms with E-state index >= 15 is 0 Å². The normalized spacial score (nSPS) is 12.5. The van der Waals surface area contributed by atoms with Gasteiger partial charge in [-0.1, -0.05) is 32.4 Å². The molecule has 114 valence electrons. The highest BCUT2D eigenvalue weighted by Gasteiger charge is 2.24. The SMILES string of the molecule is COc1c(CN)cc(Cl)cc1S(=O)(=O)NCC(C)(C)C. The molecule has 0 aliphatic rings. The van der Waals surface area contributed by atoms with Gasteiger partial charge in [-0.2, -0.15) is 0 Å². The Hall–Kier alpha value is -0.820. The Balaban J connectivity index is 3.27. The molecule has 0 radical (unpaired) electrons. The third-order valence-corrected chi connectivity index (χ3v) is 4.23. The first kappa shape index (κ1) is 17.2. The molecule has 0 saturated carbocycles. The monoisotopic (exact) mass is 320 g/mol. The molecule has 5 nitrogen and oxygen atoms in total. The molecule has 3 N–H and O–H groups in total. The minimum atomic E-state index is -3.71. The number of hydrogen-bond donors (Lipinski definition) is 2. The van der Waals surface area contributed by atoms with E-state index in [9.17, 15) is 8.42 Å². The van der Waals surface area contributed by atoms with Gasteiger partial charge in [-0.15, -0.1) is 0 Å². The number of benzene rings is 1. The van der Waals surface area contributed by atoms with Crippen molar-refractivity contribution in [2.45, 2.75) is 32.2 Å². The van der Waals surface area contributed by atoms with Crippen molar-refractivity contribution in [2.75, 3.05) is 13.7 Å². The number of rotatable bonds is 5. The molecule has 1 aromatic rings. The van der Waals surface area contributed by atoms with Gasteiger partial charge in [0.25, 0.3) is 0 Å². The second kappa shape index (κ2) is 6.30. The minimum absolute atomic E-state index is 0.0113. The smallest absolute Gasteiger partial charge is 0.244 e. The van der Waals surface area contributed by atoms with E-state index in [0.29, 0.717) is 17.1 Å². The molecule has 0 atom stereocenters. The number of nitrogens with one attached hydrogen (secondary N) is 1. The molecular formula is C13H21ClN2O3S. The van der Waals surface area contributed by atoms with Crippen molar-refractivity contribution in [1.82, 2.24) is 4.72 Å². The van der Waals surface area contributed by atoms with Crippen molar-refractivity contribution in [3.8, 4) is 5.75 Å². The van der Waals surface area contributed by atoms with Gasteiger partial charge in [-0.05, 0) is 17.5 Å². The van der Waals surface area contributed by atoms with Gasteiger partial charge in [-0.25, -0.2) is 13.1 Å². The van der Waals surface area contributed by atoms with Crippen LogP contribution in [0.4, 0.5) is 0 Å². The Morgan fingerprint density at radius 3 is 2.40 bits per heavy atom. The van der Waals surface area contributed by atoms with Crippen LogP contribution in [-0.2, 0) is 16.6 Å². The van der Waals surface area contributed by atoms with Gasteiger partial charge in [0.1, 0.15) is 10.6 Å². The maximum absolute atomic E-state index is 12.4. The molecule has 0 unspecified atom stereocenters. The summed E-state index contributed by atoms with van der Waals surface area (Å²) in [5.74, 6) is 0.235. The van der Waals surface area contributed by atoms with E-state index < -0.39 is 10.0 Å². The van der Waals surface area contributed by atoms with Gasteiger partial charge < -0.3 is 10.5 Å². The van der Waals surface area contributed by atoms with Crippen LogP contribution in [0, 0.1) is 5.41 Å². The summed E-state index contributed by atoms with van der Waals surface area (Å²) in [5.41, 5.74) is 5.98. The predicted molar refractivity (Wildman–Crippen MR) is 80.5 cm³/mol. The van der Waals surface area contributed by atoms with E-state index in [2.05, 4.69) is 4.72 Å². The van der Waals surface area contributed by atoms with E-state index in [1.165, 1.54) is 13.2 Å². The summed E-state index contributed by atoms with van der Waals surface area (Å²) in [6.07, 6.45) is 0. The fraction of sp³-hybridized carbons (Fsp3) is 0.538. The summed E-state index contributed by atoms with van der Waals surface area (Å²) in [5, 5.41) is 0.308. The van der Waals surface area contributed by atoms with Gasteiger partial charge >= 0.3 is 0 Å². The van der Waals surface area contributed by atoms with Gasteiger partial charge in [0.15, 0.2) is 0 Å². The van der Waals surface area contributed by atoms with Crippen molar-refractivity contribution in [3.05, 3.63) is 22.7 Å². The quantitative estimate of drug-likeness (QED) is 0.870. The Morgan fingerprint density at radius 1 is 1.35 bits per heavy atom. The third kappa shape index (κ3) is 4.34. The predicted octanol–water partition coefficient (Wildman–Crippen LogP) is 2.13. The topological polar surface area (TPSA) is 81.4 Å². The van der Waals surface area contributed by atoms with Crippen molar-refractivity contribution in [2.24, 2.45) is 11.1 Å². The molecule has 0 bridgehead atoms. The lowest BCUT2D eigenvalue weighted by Gasteiger charge is -2.20. The Kier molecular flexibility index (Phi) is 5.43. The highest BCUT2D eigenvalue weighted by atomic mass is 35.5. The largest absolute Gasteiger partial charge is 0.495 e. The first-order valence-electron chi connectivity index (χ1n) is 6.17. The molecule has 7 heteroatoms. The van der Waals surface area contributed by atoms with Crippen LogP contribution >= 0.6 is 11.6 Å². The van der Waals surface area contributed by atoms with Crippen molar-refractivity contribution in [1.29, 1.82) is 0 Å². The molecule has 1 aromatic carbocycles. The van der Waals surface area contributed by atoms with E-state index in [1.54, 1.807) is 6.07 Å². The molecule has 1 rings (SSSR count). The fourth-order valence-corrected chi connectivity index (χ4v) is 3.42. The Morgan fingerprint density at radius 2 is 1.95 bits per heavy atom. The van der Waals surface area contributed by atoms with E-state index in [1.807, 2.05) is 20.8 Å². The lowest BCUT2D eigenvalue weighted by atomic mass is 9.98. The second-order valence-electron chi connectivity index (χ2n) is 5.69. The van der Waals surface area contributed by atoms with Crippen molar-refractivity contribution in [3.63, 3.8) is 0 Å². The van der Waals surface area contributed by atoms with Gasteiger partial charge in [0.05, 0.1) is 7.11 Å². The lowest BCUT2D eigenvalue weighted by Crippen LogP contribution is -2.32. The van der Waals surface area contributed by atoms with E-state index in [0.717, 1.165) is 0 Å². The van der Waals surface area contributed by atoms with Crippen LogP contribution in [-0.4, -0.2) is 22.1 Å². The first-order valence-corrected chi connectivity index (χ1v) is 8.03. The zero-order valence-corrected chi connectivity index (χ0v) is 13.7. The van der Waals surface area contributed by atoms with Crippen LogP contribution in [0.25, 0.3) is 0 Å². The molecule has 0 aliphatic carbocycles. The van der Waals surface area contributed by atoms with Gasteiger partial charge in [0, 0.05) is 23.7 Å². The molecule has 0 saturated heterocycles. The summed E-state index contributed by atoms with van der Waals surface area (Å²) in [6.45, 7) is 6.27. The van der Waals surface area contributed by atoms with Crippen LogP contribution < -0.4 is 15.2 Å². The number of ether oxygens (including phenoxy) is 1. The standard InChI is InChI=1S/C13H21ClN2O3S/c1-13(2,3)8-16-20(17,18)11-6-10(14)5-9(7-15)12(11)19-4/h5-6,16H,7-8,15H2,1-4H3. The maximum Gasteiger partial charge on any atom is 0.244 e. The average Bonchev–Trinajstić information content (AvgIpc) is 2.34. The third-order valence-electron chi connectivity index (χ3n) is 2.60. The summed E-state index contributed by atoms with van der Waals surface area (Å²) in [4.78, 5) is 0.0113. The molecule has 20 heavy (non-hydrogen) atoms. The fourth-order valence-electron chi connectivity index (χ4n) is 1.59. The highest BCUT2D eigenvalue weighted by Crippen LogP contribution is 2.31. The lowest BCUT2D eigenvalue weighted by molar-refractivity contribution is 0.393. The van der Waals surface area contributed by atoms with Crippen molar-refractivity contribution >= 4 is 21.6 Å². The van der Waals surface area contributed by atoms with Crippen molar-refractivity contribution < 1.29 is 13.2 Å². The maximum atomic E-state index is 12.4. The summed E-state index contributed by atoms with van der Waals surface area (Å²) in [7, 11) is -2.30. The van der Waals surface area contributed by atoms with Crippen LogP contribution in [0.3, 0.4) is 0 Å². The van der Waals surface area contributed by atoms with Gasteiger partial charge in [0.2, 0.25) is 10.0 Å². The zero-order chi connectivity index (χ0) is 15.6. The molecule has 0 spiro atoms. The van der Waals surface area contributed by atoms with E-state index in [4.69, 9.17) is 22.1 Å². The summed E-state index contributed by atoms with van der Waals surface area (Å²) in [6, 6.07) is 2.97. The molecule has 0 aromatic heterocycles. The van der Waals surface area contributed by atoms with Crippen LogP contribution in [0.15, 0.2) is 17.0 Å².